The molecule has 3 nitrogen and oxygen atoms in total. The van der Waals surface area contributed by atoms with Crippen molar-refractivity contribution >= 4 is 0 Å². The van der Waals surface area contributed by atoms with E-state index in [1.807, 2.05) is 0 Å². The molecule has 1 aromatic heterocycles. The number of hydrogen-bond donors (Lipinski definition) is 1. The molecule has 0 aliphatic carbocycles. The summed E-state index contributed by atoms with van der Waals surface area (Å²) in [7, 11) is 1.69. The van der Waals surface area contributed by atoms with Crippen LogP contribution in [0.4, 0.5) is 4.39 Å². The van der Waals surface area contributed by atoms with E-state index in [2.05, 4.69) is 31.1 Å². The summed E-state index contributed by atoms with van der Waals surface area (Å²) in [5.41, 5.74) is 0.837. The van der Waals surface area contributed by atoms with Crippen molar-refractivity contribution < 1.29 is 9.13 Å². The number of nitrogens with one attached hydrogen (secondary N) is 1. The molecule has 0 radical (unpaired) electrons. The van der Waals surface area contributed by atoms with E-state index < -0.39 is 0 Å². The molecule has 18 heavy (non-hydrogen) atoms. The zero-order valence-electron chi connectivity index (χ0n) is 11.6. The van der Waals surface area contributed by atoms with E-state index >= 15 is 0 Å². The monoisotopic (exact) mass is 254 g/mol. The molecule has 4 heteroatoms. The summed E-state index contributed by atoms with van der Waals surface area (Å²) in [6, 6.07) is 1.49. The van der Waals surface area contributed by atoms with Crippen LogP contribution in [0.15, 0.2) is 18.5 Å². The topological polar surface area (TPSA) is 34.2 Å². The van der Waals surface area contributed by atoms with E-state index in [1.54, 1.807) is 13.3 Å². The highest BCUT2D eigenvalue weighted by Crippen LogP contribution is 2.24. The lowest BCUT2D eigenvalue weighted by Crippen LogP contribution is -2.37. The second kappa shape index (κ2) is 7.44. The molecule has 2 unspecified atom stereocenters. The molecule has 0 spiro atoms. The van der Waals surface area contributed by atoms with Gasteiger partial charge in [0.1, 0.15) is 5.82 Å². The van der Waals surface area contributed by atoms with E-state index in [-0.39, 0.29) is 18.0 Å². The standard InChI is InChI=1S/C14H23FN2O/c1-5-6-17-13(14(18-4)10(2)3)11-7-12(15)9-16-8-11/h7-10,13-14,17H,5-6H2,1-4H3. The zero-order chi connectivity index (χ0) is 13.5. The molecule has 0 aromatic carbocycles. The number of pyridine rings is 1. The fraction of sp³-hybridized carbons (Fsp3) is 0.643. The average Bonchev–Trinajstić information content (AvgIpc) is 2.33. The van der Waals surface area contributed by atoms with E-state index in [4.69, 9.17) is 4.74 Å². The van der Waals surface area contributed by atoms with Gasteiger partial charge in [-0.05, 0) is 30.5 Å². The quantitative estimate of drug-likeness (QED) is 0.812. The Balaban J connectivity index is 2.96. The smallest absolute Gasteiger partial charge is 0.141 e. The van der Waals surface area contributed by atoms with Crippen molar-refractivity contribution in [3.8, 4) is 0 Å². The molecule has 1 rings (SSSR count). The molecule has 0 bridgehead atoms. The van der Waals surface area contributed by atoms with Crippen molar-refractivity contribution in [2.75, 3.05) is 13.7 Å². The SMILES string of the molecule is CCCNC(c1cncc(F)c1)C(OC)C(C)C. The molecule has 0 aliphatic rings. The highest BCUT2D eigenvalue weighted by molar-refractivity contribution is 5.17. The van der Waals surface area contributed by atoms with Crippen LogP contribution in [-0.2, 0) is 4.74 Å². The van der Waals surface area contributed by atoms with Crippen LogP contribution in [0.1, 0.15) is 38.8 Å². The Labute approximate surface area is 109 Å². The van der Waals surface area contributed by atoms with Gasteiger partial charge in [-0.25, -0.2) is 4.39 Å². The molecule has 0 fully saturated rings. The van der Waals surface area contributed by atoms with Crippen molar-refractivity contribution in [3.63, 3.8) is 0 Å². The van der Waals surface area contributed by atoms with Crippen LogP contribution in [0, 0.1) is 11.7 Å². The lowest BCUT2D eigenvalue weighted by Gasteiger charge is -2.30. The fourth-order valence-corrected chi connectivity index (χ4v) is 2.12. The predicted molar refractivity (Wildman–Crippen MR) is 70.9 cm³/mol. The number of halogens is 1. The maximum absolute atomic E-state index is 13.3. The van der Waals surface area contributed by atoms with Gasteiger partial charge >= 0.3 is 0 Å². The minimum atomic E-state index is -0.311. The van der Waals surface area contributed by atoms with Crippen molar-refractivity contribution in [2.24, 2.45) is 5.92 Å². The first-order chi connectivity index (χ1) is 8.60. The molecule has 1 aromatic rings. The lowest BCUT2D eigenvalue weighted by molar-refractivity contribution is 0.0325. The summed E-state index contributed by atoms with van der Waals surface area (Å²) in [5, 5.41) is 3.41. The lowest BCUT2D eigenvalue weighted by atomic mass is 9.94. The second-order valence-electron chi connectivity index (χ2n) is 4.81. The van der Waals surface area contributed by atoms with Gasteiger partial charge in [0, 0.05) is 13.3 Å². The van der Waals surface area contributed by atoms with E-state index in [1.165, 1.54) is 12.3 Å². The Morgan fingerprint density at radius 3 is 2.61 bits per heavy atom. The van der Waals surface area contributed by atoms with Crippen LogP contribution in [0.2, 0.25) is 0 Å². The average molecular weight is 254 g/mol. The van der Waals surface area contributed by atoms with Crippen molar-refractivity contribution in [1.29, 1.82) is 0 Å². The Morgan fingerprint density at radius 2 is 2.11 bits per heavy atom. The first-order valence-electron chi connectivity index (χ1n) is 6.46. The van der Waals surface area contributed by atoms with Crippen LogP contribution in [0.5, 0.6) is 0 Å². The third-order valence-electron chi connectivity index (χ3n) is 2.96. The Morgan fingerprint density at radius 1 is 1.39 bits per heavy atom. The number of rotatable bonds is 7. The highest BCUT2D eigenvalue weighted by Gasteiger charge is 2.25. The van der Waals surface area contributed by atoms with Crippen molar-refractivity contribution in [2.45, 2.75) is 39.3 Å². The zero-order valence-corrected chi connectivity index (χ0v) is 11.6. The normalized spacial score (nSPS) is 14.8. The summed E-state index contributed by atoms with van der Waals surface area (Å²) >= 11 is 0. The maximum Gasteiger partial charge on any atom is 0.141 e. The highest BCUT2D eigenvalue weighted by atomic mass is 19.1. The van der Waals surface area contributed by atoms with Gasteiger partial charge in [0.25, 0.3) is 0 Å². The van der Waals surface area contributed by atoms with Crippen molar-refractivity contribution in [3.05, 3.63) is 29.8 Å². The summed E-state index contributed by atoms with van der Waals surface area (Å²) in [6.07, 6.45) is 3.94. The Bertz CT molecular complexity index is 357. The van der Waals surface area contributed by atoms with Gasteiger partial charge < -0.3 is 10.1 Å². The van der Waals surface area contributed by atoms with Gasteiger partial charge in [-0.3, -0.25) is 4.98 Å². The molecule has 0 amide bonds. The van der Waals surface area contributed by atoms with Crippen LogP contribution < -0.4 is 5.32 Å². The third-order valence-corrected chi connectivity index (χ3v) is 2.96. The molecule has 0 saturated carbocycles. The molecule has 0 aliphatic heterocycles. The number of ether oxygens (including phenoxy) is 1. The second-order valence-corrected chi connectivity index (χ2v) is 4.81. The molecule has 102 valence electrons. The van der Waals surface area contributed by atoms with Gasteiger partial charge in [0.2, 0.25) is 0 Å². The van der Waals surface area contributed by atoms with E-state index in [0.29, 0.717) is 5.92 Å². The van der Waals surface area contributed by atoms with Gasteiger partial charge in [0.15, 0.2) is 0 Å². The predicted octanol–water partition coefficient (Wildman–Crippen LogP) is 2.93. The van der Waals surface area contributed by atoms with Crippen LogP contribution in [0.25, 0.3) is 0 Å². The van der Waals surface area contributed by atoms with Gasteiger partial charge in [-0.15, -0.1) is 0 Å². The van der Waals surface area contributed by atoms with Gasteiger partial charge in [-0.1, -0.05) is 20.8 Å². The van der Waals surface area contributed by atoms with E-state index in [9.17, 15) is 4.39 Å². The number of methoxy groups -OCH3 is 1. The van der Waals surface area contributed by atoms with E-state index in [0.717, 1.165) is 18.5 Å². The Hall–Kier alpha value is -1.00. The first kappa shape index (κ1) is 15.1. The first-order valence-corrected chi connectivity index (χ1v) is 6.46. The Kier molecular flexibility index (Phi) is 6.22. The number of aromatic nitrogens is 1. The molecular formula is C14H23FN2O. The largest absolute Gasteiger partial charge is 0.379 e. The van der Waals surface area contributed by atoms with Gasteiger partial charge in [0.05, 0.1) is 18.3 Å². The fourth-order valence-electron chi connectivity index (χ4n) is 2.12. The molecule has 2 atom stereocenters. The minimum absolute atomic E-state index is 0.000139. The maximum atomic E-state index is 13.3. The molecule has 0 saturated heterocycles. The molecular weight excluding hydrogens is 231 g/mol. The van der Waals surface area contributed by atoms with Crippen LogP contribution in [0.3, 0.4) is 0 Å². The molecule has 1 heterocycles. The number of hydrogen-bond acceptors (Lipinski definition) is 3. The van der Waals surface area contributed by atoms with Gasteiger partial charge in [-0.2, -0.15) is 0 Å². The van der Waals surface area contributed by atoms with Crippen LogP contribution in [-0.4, -0.2) is 24.7 Å². The number of nitrogens with zero attached hydrogens (tertiary/aromatic N) is 1. The molecule has 1 N–H and O–H groups in total. The summed E-state index contributed by atoms with van der Waals surface area (Å²) in [6.45, 7) is 7.17. The summed E-state index contributed by atoms with van der Waals surface area (Å²) in [4.78, 5) is 3.92. The third kappa shape index (κ3) is 4.03. The van der Waals surface area contributed by atoms with Crippen LogP contribution >= 0.6 is 0 Å². The van der Waals surface area contributed by atoms with Crippen molar-refractivity contribution in [1.82, 2.24) is 10.3 Å². The minimum Gasteiger partial charge on any atom is -0.379 e. The summed E-state index contributed by atoms with van der Waals surface area (Å²) in [5.74, 6) is 0.0297. The summed E-state index contributed by atoms with van der Waals surface area (Å²) < 4.78 is 18.8.